The lowest BCUT2D eigenvalue weighted by Crippen LogP contribution is -2.17. The molecule has 0 radical (unpaired) electrons. The number of hydrogen-bond acceptors (Lipinski definition) is 4. The Hall–Kier alpha value is -2.85. The van der Waals surface area contributed by atoms with E-state index in [-0.39, 0.29) is 12.1 Å². The van der Waals surface area contributed by atoms with Crippen LogP contribution in [0.2, 0.25) is 0 Å². The van der Waals surface area contributed by atoms with Crippen LogP contribution in [0.4, 0.5) is 0 Å². The first-order valence-corrected chi connectivity index (χ1v) is 9.27. The second-order valence-electron chi connectivity index (χ2n) is 6.73. The maximum Gasteiger partial charge on any atom is 0.338 e. The van der Waals surface area contributed by atoms with Gasteiger partial charge < -0.3 is 14.2 Å². The molecule has 0 spiro atoms. The van der Waals surface area contributed by atoms with E-state index in [1.165, 1.54) is 5.39 Å². The lowest BCUT2D eigenvalue weighted by atomic mass is 10.1. The zero-order valence-corrected chi connectivity index (χ0v) is 15.1. The van der Waals surface area contributed by atoms with Crippen LogP contribution in [0.1, 0.15) is 28.8 Å². The molecular weight excluding hydrogens is 340 g/mol. The molecule has 0 amide bonds. The van der Waals surface area contributed by atoms with E-state index in [1.807, 2.05) is 36.4 Å². The van der Waals surface area contributed by atoms with Crippen LogP contribution >= 0.6 is 0 Å². The predicted octanol–water partition coefficient (Wildman–Crippen LogP) is 4.75. The van der Waals surface area contributed by atoms with E-state index in [2.05, 4.69) is 18.2 Å². The summed E-state index contributed by atoms with van der Waals surface area (Å²) in [4.78, 5) is 12.1. The topological polar surface area (TPSA) is 44.8 Å². The fraction of sp³-hybridized carbons (Fsp3) is 0.261. The molecule has 3 aromatic rings. The minimum Gasteiger partial charge on any atom is -0.489 e. The molecule has 4 rings (SSSR count). The molecule has 1 atom stereocenters. The number of carbonyl (C=O) groups is 1. The lowest BCUT2D eigenvalue weighted by Gasteiger charge is -2.11. The largest absolute Gasteiger partial charge is 0.489 e. The number of carbonyl (C=O) groups excluding carboxylic acids is 1. The summed E-state index contributed by atoms with van der Waals surface area (Å²) in [7, 11) is 0. The lowest BCUT2D eigenvalue weighted by molar-refractivity contribution is 0.0161. The zero-order chi connectivity index (χ0) is 18.5. The number of fused-ring (bicyclic) bond motifs is 1. The summed E-state index contributed by atoms with van der Waals surface area (Å²) in [6.07, 6.45) is 2.04. The molecule has 0 N–H and O–H groups in total. The van der Waals surface area contributed by atoms with E-state index >= 15 is 0 Å². The summed E-state index contributed by atoms with van der Waals surface area (Å²) in [6.45, 7) is 1.53. The normalized spacial score (nSPS) is 16.4. The monoisotopic (exact) mass is 362 g/mol. The quantitative estimate of drug-likeness (QED) is 0.593. The van der Waals surface area contributed by atoms with Crippen molar-refractivity contribution in [3.63, 3.8) is 0 Å². The third-order valence-corrected chi connectivity index (χ3v) is 4.74. The predicted molar refractivity (Wildman–Crippen MR) is 104 cm³/mol. The van der Waals surface area contributed by atoms with Gasteiger partial charge in [-0.1, -0.05) is 42.5 Å². The summed E-state index contributed by atoms with van der Waals surface area (Å²) in [5, 5.41) is 2.34. The molecule has 0 bridgehead atoms. The Bertz CT molecular complexity index is 911. The van der Waals surface area contributed by atoms with Crippen LogP contribution in [-0.4, -0.2) is 25.3 Å². The Kier molecular flexibility index (Phi) is 5.35. The highest BCUT2D eigenvalue weighted by molar-refractivity contribution is 5.89. The van der Waals surface area contributed by atoms with Crippen molar-refractivity contribution in [1.29, 1.82) is 0 Å². The van der Waals surface area contributed by atoms with Gasteiger partial charge in [-0.3, -0.25) is 0 Å². The molecule has 0 saturated carbocycles. The van der Waals surface area contributed by atoms with E-state index in [1.54, 1.807) is 12.1 Å². The highest BCUT2D eigenvalue weighted by atomic mass is 16.6. The third-order valence-electron chi connectivity index (χ3n) is 4.74. The Labute approximate surface area is 158 Å². The molecule has 1 fully saturated rings. The van der Waals surface area contributed by atoms with Crippen LogP contribution in [0.15, 0.2) is 66.7 Å². The molecule has 4 nitrogen and oxygen atoms in total. The number of benzene rings is 3. The fourth-order valence-corrected chi connectivity index (χ4v) is 3.19. The minimum absolute atomic E-state index is 0.0450. The van der Waals surface area contributed by atoms with Crippen molar-refractivity contribution in [3.05, 3.63) is 77.9 Å². The zero-order valence-electron chi connectivity index (χ0n) is 15.1. The molecule has 138 valence electrons. The fourth-order valence-electron chi connectivity index (χ4n) is 3.19. The van der Waals surface area contributed by atoms with Gasteiger partial charge in [-0.05, 0) is 53.4 Å². The molecule has 0 aliphatic carbocycles. The first kappa shape index (κ1) is 17.6. The van der Waals surface area contributed by atoms with Crippen molar-refractivity contribution in [2.75, 3.05) is 13.2 Å². The average Bonchev–Trinajstić information content (AvgIpc) is 3.24. The van der Waals surface area contributed by atoms with Crippen molar-refractivity contribution < 1.29 is 19.0 Å². The molecule has 1 aliphatic heterocycles. The van der Waals surface area contributed by atoms with Crippen LogP contribution in [-0.2, 0) is 16.1 Å². The summed E-state index contributed by atoms with van der Waals surface area (Å²) in [5.74, 6) is 0.515. The summed E-state index contributed by atoms with van der Waals surface area (Å²) < 4.78 is 16.7. The molecule has 1 saturated heterocycles. The van der Waals surface area contributed by atoms with Gasteiger partial charge >= 0.3 is 5.97 Å². The maximum atomic E-state index is 12.1. The second-order valence-corrected chi connectivity index (χ2v) is 6.73. The Morgan fingerprint density at radius 3 is 2.59 bits per heavy atom. The van der Waals surface area contributed by atoms with Crippen LogP contribution in [0, 0.1) is 0 Å². The SMILES string of the molecule is O=C(OC[C@H]1CCCO1)c1ccc(COc2ccc3ccccc3c2)cc1. The molecule has 1 aliphatic rings. The van der Waals surface area contributed by atoms with Gasteiger partial charge in [0.1, 0.15) is 19.0 Å². The van der Waals surface area contributed by atoms with E-state index in [9.17, 15) is 4.79 Å². The van der Waals surface area contributed by atoms with Crippen LogP contribution < -0.4 is 4.74 Å². The van der Waals surface area contributed by atoms with Crippen LogP contribution in [0.25, 0.3) is 10.8 Å². The average molecular weight is 362 g/mol. The number of esters is 1. The molecule has 1 heterocycles. The first-order chi connectivity index (χ1) is 13.3. The van der Waals surface area contributed by atoms with Gasteiger partial charge in [-0.15, -0.1) is 0 Å². The van der Waals surface area contributed by atoms with Gasteiger partial charge in [0.15, 0.2) is 0 Å². The maximum absolute atomic E-state index is 12.1. The van der Waals surface area contributed by atoms with Crippen molar-refractivity contribution in [3.8, 4) is 5.75 Å². The van der Waals surface area contributed by atoms with Gasteiger partial charge in [-0.25, -0.2) is 4.79 Å². The summed E-state index contributed by atoms with van der Waals surface area (Å²) in [5.41, 5.74) is 1.54. The number of ether oxygens (including phenoxy) is 3. The standard InChI is InChI=1S/C23H22O4/c24-23(27-16-22-6-3-13-25-22)19-9-7-17(8-10-19)15-26-21-12-11-18-4-1-2-5-20(18)14-21/h1-2,4-5,7-12,14,22H,3,6,13,15-16H2/t22-/m1/s1. The van der Waals surface area contributed by atoms with Crippen LogP contribution in [0.5, 0.6) is 5.75 Å². The molecule has 0 unspecified atom stereocenters. The molecule has 4 heteroatoms. The molecule has 0 aromatic heterocycles. The Balaban J connectivity index is 1.32. The number of rotatable bonds is 6. The van der Waals surface area contributed by atoms with Gasteiger partial charge in [-0.2, -0.15) is 0 Å². The van der Waals surface area contributed by atoms with Gasteiger partial charge in [0.05, 0.1) is 11.7 Å². The summed E-state index contributed by atoms with van der Waals surface area (Å²) >= 11 is 0. The van der Waals surface area contributed by atoms with E-state index < -0.39 is 0 Å². The van der Waals surface area contributed by atoms with Crippen LogP contribution in [0.3, 0.4) is 0 Å². The minimum atomic E-state index is -0.313. The molecular formula is C23H22O4. The van der Waals surface area contributed by atoms with Crippen molar-refractivity contribution in [1.82, 2.24) is 0 Å². The van der Waals surface area contributed by atoms with Crippen molar-refractivity contribution in [2.45, 2.75) is 25.6 Å². The smallest absolute Gasteiger partial charge is 0.338 e. The van der Waals surface area contributed by atoms with Crippen molar-refractivity contribution in [2.24, 2.45) is 0 Å². The van der Waals surface area contributed by atoms with Crippen molar-refractivity contribution >= 4 is 16.7 Å². The highest BCUT2D eigenvalue weighted by Gasteiger charge is 2.18. The Morgan fingerprint density at radius 2 is 1.81 bits per heavy atom. The van der Waals surface area contributed by atoms with Gasteiger partial charge in [0.2, 0.25) is 0 Å². The number of hydrogen-bond donors (Lipinski definition) is 0. The Morgan fingerprint density at radius 1 is 1.00 bits per heavy atom. The van der Waals surface area contributed by atoms with E-state index in [0.29, 0.717) is 18.8 Å². The third kappa shape index (κ3) is 4.47. The first-order valence-electron chi connectivity index (χ1n) is 9.27. The highest BCUT2D eigenvalue weighted by Crippen LogP contribution is 2.21. The molecule has 27 heavy (non-hydrogen) atoms. The van der Waals surface area contributed by atoms with Gasteiger partial charge in [0, 0.05) is 6.61 Å². The molecule has 3 aromatic carbocycles. The van der Waals surface area contributed by atoms with E-state index in [4.69, 9.17) is 14.2 Å². The second kappa shape index (κ2) is 8.23. The van der Waals surface area contributed by atoms with Gasteiger partial charge in [0.25, 0.3) is 0 Å². The van der Waals surface area contributed by atoms with E-state index in [0.717, 1.165) is 36.1 Å². The summed E-state index contributed by atoms with van der Waals surface area (Å²) in [6, 6.07) is 21.6.